The van der Waals surface area contributed by atoms with E-state index in [0.717, 1.165) is 32.7 Å². The van der Waals surface area contributed by atoms with Crippen molar-refractivity contribution < 1.29 is 38.4 Å². The first kappa shape index (κ1) is 68.9. The molecule has 3 aromatic heterocycles. The van der Waals surface area contributed by atoms with Crippen LogP contribution in [-0.4, -0.2) is 149 Å². The number of hydrogen-bond donors (Lipinski definition) is 18. The van der Waals surface area contributed by atoms with E-state index in [1.165, 1.54) is 0 Å². The van der Waals surface area contributed by atoms with E-state index in [1.54, 1.807) is 18.6 Å². The van der Waals surface area contributed by atoms with E-state index in [-0.39, 0.29) is 101 Å². The third-order valence-electron chi connectivity index (χ3n) is 15.0. The van der Waals surface area contributed by atoms with Crippen LogP contribution in [0.25, 0.3) is 32.7 Å². The maximum atomic E-state index is 15.2. The second-order valence-corrected chi connectivity index (χ2v) is 22.0. The number of fused-ring (bicyclic) bond motifs is 3. The van der Waals surface area contributed by atoms with Gasteiger partial charge in [-0.2, -0.15) is 0 Å². The van der Waals surface area contributed by atoms with Crippen LogP contribution < -0.4 is 83.1 Å². The van der Waals surface area contributed by atoms with Gasteiger partial charge in [-0.1, -0.05) is 61.5 Å². The van der Waals surface area contributed by atoms with Crippen LogP contribution in [0.15, 0.2) is 106 Å². The van der Waals surface area contributed by atoms with Gasteiger partial charge in [0.2, 0.25) is 47.3 Å². The summed E-state index contributed by atoms with van der Waals surface area (Å²) in [5.74, 6) is -6.10. The molecule has 29 nitrogen and oxygen atoms in total. The number of rotatable bonds is 38. The SMILES string of the molecule is CCCC(=O)NCCCC[C@H](NC(=O)[C@H](Cc1c[nH]c2ccccc12)NC(=O)[C@H](CCCN=C(N)N)NC(=O)[C@H](Cc1c[nH]c2ccccc12)NC(=O)[C@H](CCCN=C(N)N)NC(=O)[C@H](Cc1c[nH]c2ccccc12)NC(=O)[C@@H](N)CCCN=C(N)N)C(N)=O. The van der Waals surface area contributed by atoms with Crippen molar-refractivity contribution in [2.45, 2.75) is 139 Å². The Morgan fingerprint density at radius 2 is 0.756 bits per heavy atom. The number of aliphatic imine (C=N–C) groups is 3. The van der Waals surface area contributed by atoms with Crippen molar-refractivity contribution in [1.29, 1.82) is 0 Å². The van der Waals surface area contributed by atoms with Gasteiger partial charge in [0.1, 0.15) is 36.3 Å². The molecule has 0 bridgehead atoms. The van der Waals surface area contributed by atoms with Crippen molar-refractivity contribution in [2.75, 3.05) is 26.2 Å². The largest absolute Gasteiger partial charge is 0.370 e. The van der Waals surface area contributed by atoms with Gasteiger partial charge in [0.15, 0.2) is 17.9 Å². The number of primary amides is 1. The Balaban J connectivity index is 1.31. The first-order valence-corrected chi connectivity index (χ1v) is 30.2. The number of nitrogens with one attached hydrogen (secondary N) is 10. The molecule has 484 valence electrons. The van der Waals surface area contributed by atoms with E-state index in [0.29, 0.717) is 55.3 Å². The average Bonchev–Trinajstić information content (AvgIpc) is 1.79. The molecule has 8 amide bonds. The number of amides is 8. The van der Waals surface area contributed by atoms with Gasteiger partial charge in [-0.05, 0) is 99.1 Å². The Hall–Kier alpha value is -10.2. The van der Waals surface area contributed by atoms with Crippen LogP contribution in [0, 0.1) is 0 Å². The van der Waals surface area contributed by atoms with E-state index in [9.17, 15) is 28.8 Å². The van der Waals surface area contributed by atoms with Crippen LogP contribution in [0.4, 0.5) is 0 Å². The first-order chi connectivity index (χ1) is 43.2. The summed E-state index contributed by atoms with van der Waals surface area (Å²) in [5, 5.41) is 22.0. The second-order valence-electron chi connectivity index (χ2n) is 22.0. The first-order valence-electron chi connectivity index (χ1n) is 30.2. The number of guanidine groups is 3. The van der Waals surface area contributed by atoms with Gasteiger partial charge >= 0.3 is 0 Å². The molecule has 7 atom stereocenters. The maximum Gasteiger partial charge on any atom is 0.243 e. The summed E-state index contributed by atoms with van der Waals surface area (Å²) in [7, 11) is 0. The smallest absolute Gasteiger partial charge is 0.243 e. The molecule has 3 heterocycles. The van der Waals surface area contributed by atoms with E-state index >= 15 is 9.59 Å². The zero-order valence-corrected chi connectivity index (χ0v) is 50.7. The maximum absolute atomic E-state index is 15.2. The molecule has 3 aromatic carbocycles. The molecule has 6 aromatic rings. The molecule has 0 saturated carbocycles. The van der Waals surface area contributed by atoms with Crippen LogP contribution in [0.2, 0.25) is 0 Å². The molecule has 0 spiro atoms. The van der Waals surface area contributed by atoms with Crippen molar-refractivity contribution in [3.8, 4) is 0 Å². The number of aromatic nitrogens is 3. The molecule has 0 fully saturated rings. The fourth-order valence-electron chi connectivity index (χ4n) is 10.3. The number of carbonyl (C=O) groups is 8. The van der Waals surface area contributed by atoms with Gasteiger partial charge in [-0.3, -0.25) is 53.3 Å². The predicted octanol–water partition coefficient (Wildman–Crippen LogP) is -0.873. The average molecular weight is 1240 g/mol. The minimum Gasteiger partial charge on any atom is -0.370 e. The Morgan fingerprint density at radius 3 is 1.13 bits per heavy atom. The Bertz CT molecular complexity index is 3490. The van der Waals surface area contributed by atoms with Crippen molar-refractivity contribution >= 4 is 97.8 Å². The molecule has 90 heavy (non-hydrogen) atoms. The fourth-order valence-corrected chi connectivity index (χ4v) is 10.3. The molecule has 26 N–H and O–H groups in total. The number of nitrogens with two attached hydrogens (primary N) is 8. The summed E-state index contributed by atoms with van der Waals surface area (Å²) >= 11 is 0. The van der Waals surface area contributed by atoms with E-state index < -0.39 is 83.6 Å². The lowest BCUT2D eigenvalue weighted by Crippen LogP contribution is -2.60. The summed E-state index contributed by atoms with van der Waals surface area (Å²) in [4.78, 5) is 135. The number of benzene rings is 3. The van der Waals surface area contributed by atoms with E-state index in [2.05, 4.69) is 67.1 Å². The lowest BCUT2D eigenvalue weighted by atomic mass is 10.0. The predicted molar refractivity (Wildman–Crippen MR) is 346 cm³/mol. The van der Waals surface area contributed by atoms with Gasteiger partial charge in [-0.25, -0.2) is 0 Å². The number of carbonyl (C=O) groups excluding carboxylic acids is 8. The normalized spacial score (nSPS) is 13.5. The van der Waals surface area contributed by atoms with Crippen molar-refractivity contribution in [1.82, 2.24) is 52.2 Å². The van der Waals surface area contributed by atoms with Crippen LogP contribution in [0.3, 0.4) is 0 Å². The van der Waals surface area contributed by atoms with Crippen molar-refractivity contribution in [2.24, 2.45) is 60.8 Å². The highest BCUT2D eigenvalue weighted by Crippen LogP contribution is 2.23. The third kappa shape index (κ3) is 21.6. The monoisotopic (exact) mass is 1240 g/mol. The summed E-state index contributed by atoms with van der Waals surface area (Å²) < 4.78 is 0. The molecular formula is C61H87N21O8. The molecule has 0 saturated heterocycles. The van der Waals surface area contributed by atoms with Crippen LogP contribution >= 0.6 is 0 Å². The highest BCUT2D eigenvalue weighted by Gasteiger charge is 2.35. The summed E-state index contributed by atoms with van der Waals surface area (Å²) in [5.41, 5.74) is 50.0. The number of nitrogens with zero attached hydrogens (tertiary/aromatic N) is 3. The zero-order valence-electron chi connectivity index (χ0n) is 50.7. The van der Waals surface area contributed by atoms with Gasteiger partial charge < -0.3 is 98.0 Å². The topological polar surface area (TPSA) is 513 Å². The van der Waals surface area contributed by atoms with Crippen LogP contribution in [0.5, 0.6) is 0 Å². The van der Waals surface area contributed by atoms with Crippen LogP contribution in [0.1, 0.15) is 94.2 Å². The highest BCUT2D eigenvalue weighted by atomic mass is 16.2. The van der Waals surface area contributed by atoms with E-state index in [4.69, 9.17) is 45.9 Å². The Morgan fingerprint density at radius 1 is 0.422 bits per heavy atom. The van der Waals surface area contributed by atoms with Gasteiger partial charge in [0.05, 0.1) is 6.04 Å². The standard InChI is InChI=1S/C61H87N21O8/c1-2-14-51(83)70-25-10-9-22-45(52(63)84)77-56(88)49(30-36-33-75-43-20-7-4-16-39(36)43)81-54(86)47(24-13-28-73-61(68)69)79-58(90)50(31-37-34-76-44-21-8-5-17-40(37)44)82-55(87)46(23-12-27-72-60(66)67)78-57(89)48(29-35-32-74-42-19-6-3-15-38(35)42)80-53(85)41(62)18-11-26-71-59(64)65/h3-8,15-17,19-21,32-34,41,45-50,74-76H,2,9-14,18,22-31,62H2,1H3,(H2,63,84)(H,70,83)(H,77,88)(H,78,89)(H,79,90)(H,80,85)(H,81,86)(H,82,87)(H4,64,65,71)(H4,66,67,72)(H4,68,69,73)/t41-,45-,46-,47-,48-,49-,50-/m0/s1. The molecule has 0 radical (unpaired) electrons. The van der Waals surface area contributed by atoms with Crippen LogP contribution in [-0.2, 0) is 57.6 Å². The molecule has 29 heteroatoms. The number of aromatic amines is 3. The number of unbranched alkanes of at least 4 members (excludes halogenated alkanes) is 1. The molecule has 0 unspecified atom stereocenters. The van der Waals surface area contributed by atoms with Gasteiger partial charge in [0, 0.05) is 103 Å². The molecule has 6 rings (SSSR count). The highest BCUT2D eigenvalue weighted by molar-refractivity contribution is 5.99. The van der Waals surface area contributed by atoms with Crippen molar-refractivity contribution in [3.05, 3.63) is 108 Å². The van der Waals surface area contributed by atoms with E-state index in [1.807, 2.05) is 79.7 Å². The molecule has 0 aliphatic rings. The summed E-state index contributed by atoms with van der Waals surface area (Å²) in [6, 6.07) is 12.9. The number of H-pyrrole nitrogens is 3. The minimum atomic E-state index is -1.46. The summed E-state index contributed by atoms with van der Waals surface area (Å²) in [6.07, 6.45) is 7.59. The van der Waals surface area contributed by atoms with Crippen molar-refractivity contribution in [3.63, 3.8) is 0 Å². The fraction of sp³-hybridized carbons (Fsp3) is 0.426. The Labute approximate surface area is 520 Å². The lowest BCUT2D eigenvalue weighted by molar-refractivity contribution is -0.135. The number of hydrogen-bond acceptors (Lipinski definition) is 12. The summed E-state index contributed by atoms with van der Waals surface area (Å²) in [6.45, 7) is 2.54. The third-order valence-corrected chi connectivity index (χ3v) is 15.0. The molecular weight excluding hydrogens is 1150 g/mol. The van der Waals surface area contributed by atoms with Gasteiger partial charge in [0.25, 0.3) is 0 Å². The zero-order chi connectivity index (χ0) is 65.1. The van der Waals surface area contributed by atoms with Gasteiger partial charge in [-0.15, -0.1) is 0 Å². The lowest BCUT2D eigenvalue weighted by Gasteiger charge is -2.28. The minimum absolute atomic E-state index is 0.0354. The number of para-hydroxylation sites is 3. The molecule has 0 aliphatic carbocycles. The molecule has 0 aliphatic heterocycles. The Kier molecular flexibility index (Phi) is 26.8. The second kappa shape index (κ2) is 35.0. The quantitative estimate of drug-likeness (QED) is 0.0127.